The van der Waals surface area contributed by atoms with Crippen LogP contribution in [-0.4, -0.2) is 12.0 Å². The smallest absolute Gasteiger partial charge is 0.294 e. The minimum absolute atomic E-state index is 0.0822. The number of benzene rings is 1. The zero-order valence-corrected chi connectivity index (χ0v) is 10.9. The van der Waals surface area contributed by atoms with Crippen molar-refractivity contribution in [3.05, 3.63) is 33.8 Å². The Morgan fingerprint density at radius 2 is 2.00 bits per heavy atom. The summed E-state index contributed by atoms with van der Waals surface area (Å²) in [5.41, 5.74) is 1.43. The molecule has 0 fully saturated rings. The van der Waals surface area contributed by atoms with Crippen molar-refractivity contribution < 1.29 is 18.0 Å². The molecule has 94 valence electrons. The maximum absolute atomic E-state index is 11.9. The molecule has 1 aromatic carbocycles. The van der Waals surface area contributed by atoms with Crippen LogP contribution in [0.1, 0.15) is 35.2 Å². The minimum atomic E-state index is -4.19. The molecule has 1 aromatic rings. The fourth-order valence-electron chi connectivity index (χ4n) is 1.43. The lowest BCUT2D eigenvalue weighted by Gasteiger charge is -2.07. The van der Waals surface area contributed by atoms with Crippen LogP contribution in [-0.2, 0) is 0 Å². The van der Waals surface area contributed by atoms with Gasteiger partial charge in [-0.2, -0.15) is 13.2 Å². The van der Waals surface area contributed by atoms with Gasteiger partial charge in [0, 0.05) is 22.9 Å². The molecule has 0 aliphatic rings. The average molecular weight is 309 g/mol. The Balaban J connectivity index is 2.59. The molecule has 1 nitrogen and oxygen atoms in total. The van der Waals surface area contributed by atoms with Crippen LogP contribution in [0.2, 0.25) is 0 Å². The molecular formula is C12H12BrF3O. The molecule has 0 N–H and O–H groups in total. The first-order chi connectivity index (χ1) is 7.79. The highest BCUT2D eigenvalue weighted by atomic mass is 79.9. The summed E-state index contributed by atoms with van der Waals surface area (Å²) < 4.78 is 36.4. The van der Waals surface area contributed by atoms with Gasteiger partial charge in [-0.05, 0) is 25.0 Å². The SMILES string of the molecule is Cc1ccc(C(=O)CCCC(F)(F)F)c(Br)c1. The van der Waals surface area contributed by atoms with E-state index >= 15 is 0 Å². The van der Waals surface area contributed by atoms with Crippen LogP contribution < -0.4 is 0 Å². The van der Waals surface area contributed by atoms with Crippen molar-refractivity contribution in [3.8, 4) is 0 Å². The first-order valence-electron chi connectivity index (χ1n) is 5.16. The van der Waals surface area contributed by atoms with Crippen LogP contribution >= 0.6 is 15.9 Å². The molecule has 1 rings (SSSR count). The number of carbonyl (C=O) groups is 1. The first kappa shape index (κ1) is 14.2. The van der Waals surface area contributed by atoms with E-state index in [1.54, 1.807) is 18.2 Å². The Morgan fingerprint density at radius 3 is 2.53 bits per heavy atom. The largest absolute Gasteiger partial charge is 0.389 e. The van der Waals surface area contributed by atoms with E-state index in [9.17, 15) is 18.0 Å². The van der Waals surface area contributed by atoms with E-state index in [1.165, 1.54) is 0 Å². The van der Waals surface area contributed by atoms with Crippen LogP contribution in [0, 0.1) is 6.92 Å². The van der Waals surface area contributed by atoms with Gasteiger partial charge in [0.2, 0.25) is 0 Å². The molecule has 0 bridgehead atoms. The van der Waals surface area contributed by atoms with Crippen LogP contribution in [0.5, 0.6) is 0 Å². The third-order valence-electron chi connectivity index (χ3n) is 2.29. The lowest BCUT2D eigenvalue weighted by Crippen LogP contribution is -2.08. The van der Waals surface area contributed by atoms with Gasteiger partial charge in [0.25, 0.3) is 0 Å². The Morgan fingerprint density at radius 1 is 1.35 bits per heavy atom. The molecule has 0 amide bonds. The van der Waals surface area contributed by atoms with E-state index in [0.29, 0.717) is 10.0 Å². The number of ketones is 1. The summed E-state index contributed by atoms with van der Waals surface area (Å²) in [6.45, 7) is 1.88. The van der Waals surface area contributed by atoms with Gasteiger partial charge in [-0.25, -0.2) is 0 Å². The summed E-state index contributed by atoms with van der Waals surface area (Å²) in [7, 11) is 0. The Bertz CT molecular complexity index is 413. The van der Waals surface area contributed by atoms with Gasteiger partial charge in [0.15, 0.2) is 5.78 Å². The molecule has 5 heteroatoms. The highest BCUT2D eigenvalue weighted by Crippen LogP contribution is 2.24. The number of carbonyl (C=O) groups excluding carboxylic acids is 1. The number of halogens is 4. The topological polar surface area (TPSA) is 17.1 Å². The molecule has 0 saturated heterocycles. The van der Waals surface area contributed by atoms with E-state index in [2.05, 4.69) is 15.9 Å². The number of alkyl halides is 3. The van der Waals surface area contributed by atoms with Crippen LogP contribution in [0.3, 0.4) is 0 Å². The van der Waals surface area contributed by atoms with Crippen molar-refractivity contribution in [2.75, 3.05) is 0 Å². The van der Waals surface area contributed by atoms with Crippen molar-refractivity contribution in [3.63, 3.8) is 0 Å². The van der Waals surface area contributed by atoms with Crippen molar-refractivity contribution in [2.45, 2.75) is 32.4 Å². The van der Waals surface area contributed by atoms with Crippen LogP contribution in [0.25, 0.3) is 0 Å². The standard InChI is InChI=1S/C12H12BrF3O/c1-8-4-5-9(10(13)7-8)11(17)3-2-6-12(14,15)16/h4-5,7H,2-3,6H2,1H3. The predicted molar refractivity (Wildman–Crippen MR) is 63.1 cm³/mol. The normalized spacial score (nSPS) is 11.6. The number of aryl methyl sites for hydroxylation is 1. The zero-order valence-electron chi connectivity index (χ0n) is 9.27. The highest BCUT2D eigenvalue weighted by molar-refractivity contribution is 9.10. The predicted octanol–water partition coefficient (Wildman–Crippen LogP) is 4.67. The second-order valence-electron chi connectivity index (χ2n) is 3.88. The molecular weight excluding hydrogens is 297 g/mol. The highest BCUT2D eigenvalue weighted by Gasteiger charge is 2.26. The first-order valence-corrected chi connectivity index (χ1v) is 5.95. The zero-order chi connectivity index (χ0) is 13.1. The monoisotopic (exact) mass is 308 g/mol. The van der Waals surface area contributed by atoms with E-state index in [-0.39, 0.29) is 18.6 Å². The molecule has 0 aliphatic heterocycles. The third kappa shape index (κ3) is 4.89. The van der Waals surface area contributed by atoms with E-state index in [1.807, 2.05) is 6.92 Å². The fourth-order valence-corrected chi connectivity index (χ4v) is 2.14. The molecule has 0 saturated carbocycles. The van der Waals surface area contributed by atoms with Gasteiger partial charge in [0.05, 0.1) is 0 Å². The molecule has 0 atom stereocenters. The quantitative estimate of drug-likeness (QED) is 0.739. The lowest BCUT2D eigenvalue weighted by atomic mass is 10.0. The molecule has 0 heterocycles. The second kappa shape index (κ2) is 5.67. The summed E-state index contributed by atoms with van der Waals surface area (Å²) in [5, 5.41) is 0. The second-order valence-corrected chi connectivity index (χ2v) is 4.73. The van der Waals surface area contributed by atoms with E-state index in [4.69, 9.17) is 0 Å². The van der Waals surface area contributed by atoms with Gasteiger partial charge in [-0.3, -0.25) is 4.79 Å². The Labute approximate surface area is 106 Å². The van der Waals surface area contributed by atoms with Crippen molar-refractivity contribution in [1.82, 2.24) is 0 Å². The molecule has 0 aromatic heterocycles. The lowest BCUT2D eigenvalue weighted by molar-refractivity contribution is -0.135. The van der Waals surface area contributed by atoms with Gasteiger partial charge >= 0.3 is 6.18 Å². The van der Waals surface area contributed by atoms with E-state index in [0.717, 1.165) is 5.56 Å². The van der Waals surface area contributed by atoms with Gasteiger partial charge in [0.1, 0.15) is 0 Å². The van der Waals surface area contributed by atoms with Crippen molar-refractivity contribution in [2.24, 2.45) is 0 Å². The molecule has 17 heavy (non-hydrogen) atoms. The van der Waals surface area contributed by atoms with Crippen molar-refractivity contribution in [1.29, 1.82) is 0 Å². The molecule has 0 spiro atoms. The third-order valence-corrected chi connectivity index (χ3v) is 2.95. The molecule has 0 unspecified atom stereocenters. The summed E-state index contributed by atoms with van der Waals surface area (Å²) >= 11 is 3.24. The number of hydrogen-bond acceptors (Lipinski definition) is 1. The maximum atomic E-state index is 11.9. The summed E-state index contributed by atoms with van der Waals surface area (Å²) in [4.78, 5) is 11.7. The van der Waals surface area contributed by atoms with E-state index < -0.39 is 12.6 Å². The minimum Gasteiger partial charge on any atom is -0.294 e. The van der Waals surface area contributed by atoms with Gasteiger partial charge in [-0.15, -0.1) is 0 Å². The Kier molecular flexibility index (Phi) is 4.74. The summed E-state index contributed by atoms with van der Waals surface area (Å²) in [6, 6.07) is 5.17. The number of Topliss-reactive ketones (excluding diaryl/α,β-unsaturated/α-hetero) is 1. The molecule has 0 aliphatic carbocycles. The van der Waals surface area contributed by atoms with Crippen molar-refractivity contribution >= 4 is 21.7 Å². The fraction of sp³-hybridized carbons (Fsp3) is 0.417. The summed E-state index contributed by atoms with van der Waals surface area (Å²) in [5.74, 6) is -0.263. The molecule has 0 radical (unpaired) electrons. The van der Waals surface area contributed by atoms with Crippen LogP contribution in [0.15, 0.2) is 22.7 Å². The number of hydrogen-bond donors (Lipinski definition) is 0. The summed E-state index contributed by atoms with van der Waals surface area (Å²) in [6.07, 6.45) is -5.35. The maximum Gasteiger partial charge on any atom is 0.389 e. The number of rotatable bonds is 4. The Hall–Kier alpha value is -0.840. The van der Waals surface area contributed by atoms with Gasteiger partial charge in [-0.1, -0.05) is 28.1 Å². The van der Waals surface area contributed by atoms with Crippen LogP contribution in [0.4, 0.5) is 13.2 Å². The average Bonchev–Trinajstić information content (AvgIpc) is 2.15. The van der Waals surface area contributed by atoms with Gasteiger partial charge < -0.3 is 0 Å².